The van der Waals surface area contributed by atoms with Crippen LogP contribution in [0, 0.1) is 0 Å². The molecule has 3 rings (SSSR count). The van der Waals surface area contributed by atoms with Gasteiger partial charge >= 0.3 is 0 Å². The number of rotatable bonds is 1. The summed E-state index contributed by atoms with van der Waals surface area (Å²) in [6.07, 6.45) is 4.75. The van der Waals surface area contributed by atoms with Crippen molar-refractivity contribution < 1.29 is 0 Å². The Kier molecular flexibility index (Phi) is 3.04. The van der Waals surface area contributed by atoms with Gasteiger partial charge in [-0.2, -0.15) is 0 Å². The zero-order valence-electron chi connectivity index (χ0n) is 10.6. The molecule has 0 saturated heterocycles. The van der Waals surface area contributed by atoms with Crippen molar-refractivity contribution in [3.63, 3.8) is 0 Å². The highest BCUT2D eigenvalue weighted by Crippen LogP contribution is 2.33. The van der Waals surface area contributed by atoms with E-state index in [0.717, 1.165) is 34.7 Å². The standard InChI is InChI=1S/C14H18ClN3/c1-18-13-8-9(15)6-7-12(13)17-14(18)10-4-2-3-5-11(10)16/h6-8,10-11H,2-5,16H2,1H3. The summed E-state index contributed by atoms with van der Waals surface area (Å²) in [6, 6.07) is 6.09. The molecule has 0 amide bonds. The van der Waals surface area contributed by atoms with Gasteiger partial charge in [0, 0.05) is 24.0 Å². The number of aryl methyl sites for hydroxylation is 1. The minimum atomic E-state index is 0.240. The van der Waals surface area contributed by atoms with E-state index >= 15 is 0 Å². The van der Waals surface area contributed by atoms with Crippen molar-refractivity contribution in [3.05, 3.63) is 29.0 Å². The largest absolute Gasteiger partial charge is 0.331 e. The van der Waals surface area contributed by atoms with Gasteiger partial charge in [-0.3, -0.25) is 0 Å². The molecule has 2 N–H and O–H groups in total. The average Bonchev–Trinajstić information content (AvgIpc) is 2.68. The first kappa shape index (κ1) is 12.0. The van der Waals surface area contributed by atoms with Crippen LogP contribution in [0.15, 0.2) is 18.2 Å². The van der Waals surface area contributed by atoms with Crippen LogP contribution >= 0.6 is 11.6 Å². The lowest BCUT2D eigenvalue weighted by molar-refractivity contribution is 0.368. The van der Waals surface area contributed by atoms with Crippen LogP contribution in [-0.2, 0) is 7.05 Å². The quantitative estimate of drug-likeness (QED) is 0.859. The van der Waals surface area contributed by atoms with Gasteiger partial charge in [0.25, 0.3) is 0 Å². The van der Waals surface area contributed by atoms with Gasteiger partial charge in [-0.25, -0.2) is 4.98 Å². The van der Waals surface area contributed by atoms with Gasteiger partial charge in [0.1, 0.15) is 5.82 Å². The smallest absolute Gasteiger partial charge is 0.114 e. The summed E-state index contributed by atoms with van der Waals surface area (Å²) in [7, 11) is 2.06. The van der Waals surface area contributed by atoms with Crippen LogP contribution < -0.4 is 5.73 Å². The Labute approximate surface area is 112 Å². The van der Waals surface area contributed by atoms with Gasteiger partial charge in [0.15, 0.2) is 0 Å². The molecule has 1 aliphatic carbocycles. The fourth-order valence-electron chi connectivity index (χ4n) is 2.99. The molecule has 1 fully saturated rings. The molecule has 1 aliphatic rings. The van der Waals surface area contributed by atoms with E-state index in [1.165, 1.54) is 12.8 Å². The topological polar surface area (TPSA) is 43.8 Å². The van der Waals surface area contributed by atoms with Crippen molar-refractivity contribution in [3.8, 4) is 0 Å². The molecule has 0 aliphatic heterocycles. The lowest BCUT2D eigenvalue weighted by Gasteiger charge is -2.27. The zero-order valence-corrected chi connectivity index (χ0v) is 11.3. The molecular weight excluding hydrogens is 246 g/mol. The molecule has 2 unspecified atom stereocenters. The summed E-state index contributed by atoms with van der Waals surface area (Å²) in [4.78, 5) is 4.75. The molecule has 1 aromatic heterocycles. The first-order chi connectivity index (χ1) is 8.66. The first-order valence-corrected chi connectivity index (χ1v) is 6.92. The lowest BCUT2D eigenvalue weighted by atomic mass is 9.84. The molecule has 0 spiro atoms. The third-order valence-corrected chi connectivity index (χ3v) is 4.26. The molecule has 4 heteroatoms. The molecule has 0 bridgehead atoms. The molecular formula is C14H18ClN3. The number of aromatic nitrogens is 2. The number of halogens is 1. The summed E-state index contributed by atoms with van der Waals surface area (Å²) >= 11 is 6.05. The summed E-state index contributed by atoms with van der Waals surface area (Å²) < 4.78 is 2.15. The average molecular weight is 264 g/mol. The monoisotopic (exact) mass is 263 g/mol. The molecule has 1 heterocycles. The van der Waals surface area contributed by atoms with Crippen molar-refractivity contribution in [1.29, 1.82) is 0 Å². The molecule has 2 aromatic rings. The van der Waals surface area contributed by atoms with Crippen molar-refractivity contribution in [2.24, 2.45) is 12.8 Å². The maximum Gasteiger partial charge on any atom is 0.114 e. The fourth-order valence-corrected chi connectivity index (χ4v) is 3.16. The van der Waals surface area contributed by atoms with E-state index in [-0.39, 0.29) is 6.04 Å². The predicted octanol–water partition coefficient (Wildman–Crippen LogP) is 3.21. The van der Waals surface area contributed by atoms with Gasteiger partial charge in [-0.05, 0) is 31.0 Å². The summed E-state index contributed by atoms with van der Waals surface area (Å²) in [5.41, 5.74) is 8.35. The van der Waals surface area contributed by atoms with Crippen molar-refractivity contribution >= 4 is 22.6 Å². The van der Waals surface area contributed by atoms with Crippen LogP contribution in [0.5, 0.6) is 0 Å². The van der Waals surface area contributed by atoms with E-state index in [2.05, 4.69) is 11.6 Å². The Bertz CT molecular complexity index is 576. The van der Waals surface area contributed by atoms with Crippen LogP contribution in [0.2, 0.25) is 5.02 Å². The van der Waals surface area contributed by atoms with Crippen LogP contribution in [-0.4, -0.2) is 15.6 Å². The second kappa shape index (κ2) is 4.56. The maximum absolute atomic E-state index is 6.25. The van der Waals surface area contributed by atoms with Crippen LogP contribution in [0.1, 0.15) is 37.4 Å². The van der Waals surface area contributed by atoms with E-state index in [9.17, 15) is 0 Å². The molecule has 96 valence electrons. The Balaban J connectivity index is 2.08. The normalized spacial score (nSPS) is 24.6. The van der Waals surface area contributed by atoms with Crippen LogP contribution in [0.4, 0.5) is 0 Å². The number of nitrogens with two attached hydrogens (primary N) is 1. The number of benzene rings is 1. The van der Waals surface area contributed by atoms with Crippen molar-refractivity contribution in [1.82, 2.24) is 9.55 Å². The predicted molar refractivity (Wildman–Crippen MR) is 74.9 cm³/mol. The van der Waals surface area contributed by atoms with Gasteiger partial charge in [0.2, 0.25) is 0 Å². The molecule has 0 radical (unpaired) electrons. The van der Waals surface area contributed by atoms with E-state index in [1.807, 2.05) is 18.2 Å². The molecule has 1 aromatic carbocycles. The van der Waals surface area contributed by atoms with E-state index in [0.29, 0.717) is 5.92 Å². The number of nitrogens with zero attached hydrogens (tertiary/aromatic N) is 2. The van der Waals surface area contributed by atoms with Crippen LogP contribution in [0.3, 0.4) is 0 Å². The summed E-state index contributed by atoms with van der Waals surface area (Å²) in [5, 5.41) is 0.755. The van der Waals surface area contributed by atoms with Gasteiger partial charge in [-0.15, -0.1) is 0 Å². The highest BCUT2D eigenvalue weighted by molar-refractivity contribution is 6.31. The Morgan fingerprint density at radius 1 is 1.33 bits per heavy atom. The SMILES string of the molecule is Cn1c(C2CCCCC2N)nc2ccc(Cl)cc21. The summed E-state index contributed by atoms with van der Waals surface area (Å²) in [6.45, 7) is 0. The minimum absolute atomic E-state index is 0.240. The Hall–Kier alpha value is -1.06. The molecule has 3 nitrogen and oxygen atoms in total. The zero-order chi connectivity index (χ0) is 12.7. The second-order valence-corrected chi connectivity index (χ2v) is 5.65. The second-order valence-electron chi connectivity index (χ2n) is 5.22. The van der Waals surface area contributed by atoms with E-state index in [4.69, 9.17) is 22.3 Å². The lowest BCUT2D eigenvalue weighted by Crippen LogP contribution is -2.32. The summed E-state index contributed by atoms with van der Waals surface area (Å²) in [5.74, 6) is 1.49. The first-order valence-electron chi connectivity index (χ1n) is 6.54. The van der Waals surface area contributed by atoms with E-state index < -0.39 is 0 Å². The van der Waals surface area contributed by atoms with Crippen LogP contribution in [0.25, 0.3) is 11.0 Å². The minimum Gasteiger partial charge on any atom is -0.331 e. The third kappa shape index (κ3) is 1.91. The number of imidazole rings is 1. The van der Waals surface area contributed by atoms with Crippen molar-refractivity contribution in [2.45, 2.75) is 37.6 Å². The van der Waals surface area contributed by atoms with E-state index in [1.54, 1.807) is 0 Å². The third-order valence-electron chi connectivity index (χ3n) is 4.03. The molecule has 18 heavy (non-hydrogen) atoms. The number of fused-ring (bicyclic) bond motifs is 1. The number of hydrogen-bond acceptors (Lipinski definition) is 2. The highest BCUT2D eigenvalue weighted by Gasteiger charge is 2.27. The number of hydrogen-bond donors (Lipinski definition) is 1. The molecule has 2 atom stereocenters. The Morgan fingerprint density at radius 2 is 2.11 bits per heavy atom. The van der Waals surface area contributed by atoms with Gasteiger partial charge in [-0.1, -0.05) is 24.4 Å². The fraction of sp³-hybridized carbons (Fsp3) is 0.500. The Morgan fingerprint density at radius 3 is 2.89 bits per heavy atom. The van der Waals surface area contributed by atoms with Gasteiger partial charge in [0.05, 0.1) is 11.0 Å². The van der Waals surface area contributed by atoms with Gasteiger partial charge < -0.3 is 10.3 Å². The highest BCUT2D eigenvalue weighted by atomic mass is 35.5. The van der Waals surface area contributed by atoms with Crippen molar-refractivity contribution in [2.75, 3.05) is 0 Å². The maximum atomic E-state index is 6.25. The molecule has 1 saturated carbocycles.